The van der Waals surface area contributed by atoms with E-state index in [1.165, 1.54) is 38.5 Å². The summed E-state index contributed by atoms with van der Waals surface area (Å²) >= 11 is 0. The molecule has 1 aliphatic rings. The molecule has 0 aliphatic carbocycles. The summed E-state index contributed by atoms with van der Waals surface area (Å²) in [5.74, 6) is -0.343. The van der Waals surface area contributed by atoms with Crippen molar-refractivity contribution in [3.05, 3.63) is 0 Å². The Morgan fingerprint density at radius 2 is 1.58 bits per heavy atom. The summed E-state index contributed by atoms with van der Waals surface area (Å²) in [6, 6.07) is 0. The number of hydrogen-bond acceptors (Lipinski definition) is 7. The predicted molar refractivity (Wildman–Crippen MR) is 95.3 cm³/mol. The zero-order chi connectivity index (χ0) is 19.4. The van der Waals surface area contributed by atoms with Crippen molar-refractivity contribution in [2.45, 2.75) is 89.0 Å². The molecule has 0 saturated carbocycles. The van der Waals surface area contributed by atoms with E-state index < -0.39 is 37.3 Å². The number of carbonyl (C=O) groups is 1. The minimum atomic E-state index is -1.51. The van der Waals surface area contributed by atoms with Gasteiger partial charge in [-0.1, -0.05) is 51.9 Å². The number of carbonyl (C=O) groups excluding carboxylic acids is 1. The van der Waals surface area contributed by atoms with E-state index in [4.69, 9.17) is 14.6 Å². The Kier molecular flexibility index (Phi) is 12.0. The van der Waals surface area contributed by atoms with E-state index in [-0.39, 0.29) is 12.5 Å². The average Bonchev–Trinajstić information content (AvgIpc) is 2.64. The number of aliphatic hydroxyl groups is 4. The molecule has 1 amide bonds. The maximum Gasteiger partial charge on any atom is 0.246 e. The van der Waals surface area contributed by atoms with Gasteiger partial charge in [-0.15, -0.1) is 0 Å². The molecule has 1 fully saturated rings. The van der Waals surface area contributed by atoms with Crippen LogP contribution in [-0.4, -0.2) is 76.8 Å². The third-order valence-electron chi connectivity index (χ3n) is 4.58. The molecule has 0 spiro atoms. The van der Waals surface area contributed by atoms with Crippen LogP contribution in [0, 0.1) is 0 Å². The van der Waals surface area contributed by atoms with Crippen molar-refractivity contribution in [2.24, 2.45) is 0 Å². The second-order valence-electron chi connectivity index (χ2n) is 6.83. The smallest absolute Gasteiger partial charge is 0.246 e. The lowest BCUT2D eigenvalue weighted by Crippen LogP contribution is -2.59. The van der Waals surface area contributed by atoms with Gasteiger partial charge in [0, 0.05) is 6.54 Å². The minimum Gasteiger partial charge on any atom is -0.394 e. The number of hydrogen-bond donors (Lipinski definition) is 5. The van der Waals surface area contributed by atoms with E-state index >= 15 is 0 Å². The molecule has 1 saturated heterocycles. The lowest BCUT2D eigenvalue weighted by molar-refractivity contribution is -0.299. The van der Waals surface area contributed by atoms with Crippen LogP contribution in [0.2, 0.25) is 0 Å². The molecular formula is C18H35NO7. The quantitative estimate of drug-likeness (QED) is 0.287. The fraction of sp³-hybridized carbons (Fsp3) is 0.944. The van der Waals surface area contributed by atoms with Crippen molar-refractivity contribution in [1.29, 1.82) is 0 Å². The highest BCUT2D eigenvalue weighted by molar-refractivity contribution is 5.77. The van der Waals surface area contributed by atoms with Crippen molar-refractivity contribution in [3.63, 3.8) is 0 Å². The first-order valence-corrected chi connectivity index (χ1v) is 9.70. The molecule has 0 unspecified atom stereocenters. The van der Waals surface area contributed by atoms with E-state index in [1.807, 2.05) is 0 Å². The second kappa shape index (κ2) is 13.4. The van der Waals surface area contributed by atoms with E-state index in [9.17, 15) is 20.1 Å². The Morgan fingerprint density at radius 3 is 2.19 bits per heavy atom. The first kappa shape index (κ1) is 23.3. The fourth-order valence-electron chi connectivity index (χ4n) is 2.90. The van der Waals surface area contributed by atoms with Crippen LogP contribution in [0.1, 0.15) is 58.3 Å². The largest absolute Gasteiger partial charge is 0.394 e. The summed E-state index contributed by atoms with van der Waals surface area (Å²) in [6.07, 6.45) is 2.72. The number of rotatable bonds is 13. The van der Waals surface area contributed by atoms with Crippen LogP contribution in [0.3, 0.4) is 0 Å². The van der Waals surface area contributed by atoms with Crippen LogP contribution in [-0.2, 0) is 14.3 Å². The van der Waals surface area contributed by atoms with Crippen LogP contribution < -0.4 is 5.32 Å². The van der Waals surface area contributed by atoms with Crippen LogP contribution >= 0.6 is 0 Å². The Bertz CT molecular complexity index is 381. The summed E-state index contributed by atoms with van der Waals surface area (Å²) in [5, 5.41) is 41.0. The summed E-state index contributed by atoms with van der Waals surface area (Å²) in [6.45, 7) is 1.89. The maximum absolute atomic E-state index is 11.8. The molecule has 0 aromatic rings. The zero-order valence-electron chi connectivity index (χ0n) is 15.7. The van der Waals surface area contributed by atoms with Crippen LogP contribution in [0.4, 0.5) is 0 Å². The lowest BCUT2D eigenvalue weighted by atomic mass is 9.99. The number of ether oxygens (including phenoxy) is 2. The van der Waals surface area contributed by atoms with Crippen molar-refractivity contribution in [2.75, 3.05) is 19.8 Å². The van der Waals surface area contributed by atoms with Gasteiger partial charge < -0.3 is 35.2 Å². The Labute approximate surface area is 155 Å². The van der Waals surface area contributed by atoms with Gasteiger partial charge in [-0.3, -0.25) is 4.79 Å². The molecule has 5 atom stereocenters. The molecule has 0 aromatic heterocycles. The molecule has 0 aromatic carbocycles. The Hall–Kier alpha value is -0.770. The van der Waals surface area contributed by atoms with Crippen molar-refractivity contribution in [1.82, 2.24) is 5.32 Å². The lowest BCUT2D eigenvalue weighted by Gasteiger charge is -2.39. The summed E-state index contributed by atoms with van der Waals surface area (Å²) in [5.41, 5.74) is 0. The first-order chi connectivity index (χ1) is 12.5. The highest BCUT2D eigenvalue weighted by Crippen LogP contribution is 2.21. The highest BCUT2D eigenvalue weighted by atomic mass is 16.7. The Morgan fingerprint density at radius 1 is 0.962 bits per heavy atom. The first-order valence-electron chi connectivity index (χ1n) is 9.70. The summed E-state index contributed by atoms with van der Waals surface area (Å²) in [4.78, 5) is 11.8. The molecule has 1 heterocycles. The number of amides is 1. The predicted octanol–water partition coefficient (Wildman–Crippen LogP) is 0.0598. The standard InChI is InChI=1S/C18H35NO7/c1-2-3-4-5-6-7-8-9-10-19-14(21)12-25-18-17(24)16(23)15(22)13(11-20)26-18/h13,15-18,20,22-24H,2-12H2,1H3,(H,19,21)/t13-,15-,16+,17-,18+/m1/s1. The van der Waals surface area contributed by atoms with E-state index in [2.05, 4.69) is 12.2 Å². The number of aliphatic hydroxyl groups excluding tert-OH is 4. The van der Waals surface area contributed by atoms with Crippen LogP contribution in [0.15, 0.2) is 0 Å². The average molecular weight is 377 g/mol. The van der Waals surface area contributed by atoms with E-state index in [0.29, 0.717) is 6.54 Å². The highest BCUT2D eigenvalue weighted by Gasteiger charge is 2.44. The number of nitrogens with one attached hydrogen (secondary N) is 1. The molecule has 1 aliphatic heterocycles. The van der Waals surface area contributed by atoms with Gasteiger partial charge in [0.2, 0.25) is 5.91 Å². The van der Waals surface area contributed by atoms with Gasteiger partial charge in [-0.05, 0) is 6.42 Å². The van der Waals surface area contributed by atoms with Gasteiger partial charge >= 0.3 is 0 Å². The van der Waals surface area contributed by atoms with Crippen molar-refractivity contribution >= 4 is 5.91 Å². The van der Waals surface area contributed by atoms with Gasteiger partial charge in [0.15, 0.2) is 6.29 Å². The fourth-order valence-corrected chi connectivity index (χ4v) is 2.90. The third-order valence-corrected chi connectivity index (χ3v) is 4.58. The zero-order valence-corrected chi connectivity index (χ0v) is 15.7. The molecule has 0 bridgehead atoms. The molecule has 0 radical (unpaired) electrons. The normalized spacial score (nSPS) is 28.9. The van der Waals surface area contributed by atoms with Gasteiger partial charge in [-0.25, -0.2) is 0 Å². The second-order valence-corrected chi connectivity index (χ2v) is 6.83. The van der Waals surface area contributed by atoms with Crippen molar-refractivity contribution < 1.29 is 34.7 Å². The molecule has 8 heteroatoms. The third kappa shape index (κ3) is 8.28. The minimum absolute atomic E-state index is 0.334. The van der Waals surface area contributed by atoms with E-state index in [1.54, 1.807) is 0 Å². The summed E-state index contributed by atoms with van der Waals surface area (Å²) < 4.78 is 10.3. The topological polar surface area (TPSA) is 128 Å². The van der Waals surface area contributed by atoms with Crippen LogP contribution in [0.5, 0.6) is 0 Å². The van der Waals surface area contributed by atoms with Gasteiger partial charge in [0.05, 0.1) is 6.61 Å². The number of unbranched alkanes of at least 4 members (excludes halogenated alkanes) is 7. The molecule has 1 rings (SSSR count). The van der Waals surface area contributed by atoms with Gasteiger partial charge in [0.1, 0.15) is 31.0 Å². The van der Waals surface area contributed by atoms with E-state index in [0.717, 1.165) is 12.8 Å². The molecule has 154 valence electrons. The van der Waals surface area contributed by atoms with Gasteiger partial charge in [-0.2, -0.15) is 0 Å². The van der Waals surface area contributed by atoms with Crippen molar-refractivity contribution in [3.8, 4) is 0 Å². The molecular weight excluding hydrogens is 342 g/mol. The molecule has 26 heavy (non-hydrogen) atoms. The maximum atomic E-state index is 11.8. The monoisotopic (exact) mass is 377 g/mol. The Balaban J connectivity index is 2.10. The summed E-state index contributed by atoms with van der Waals surface area (Å²) in [7, 11) is 0. The van der Waals surface area contributed by atoms with Gasteiger partial charge in [0.25, 0.3) is 0 Å². The molecule has 5 N–H and O–H groups in total. The SMILES string of the molecule is CCCCCCCCCCNC(=O)CO[C@H]1O[C@H](CO)[C@@H](O)[C@H](O)[C@H]1O. The molecule has 8 nitrogen and oxygen atoms in total. The van der Waals surface area contributed by atoms with Crippen LogP contribution in [0.25, 0.3) is 0 Å².